The number of hydrogen-bond donors (Lipinski definition) is 0. The summed E-state index contributed by atoms with van der Waals surface area (Å²) in [6, 6.07) is 0. The predicted molar refractivity (Wildman–Crippen MR) is 34.8 cm³/mol. The third-order valence-electron chi connectivity index (χ3n) is 1.30. The van der Waals surface area contributed by atoms with E-state index < -0.39 is 23.0 Å². The number of halogens is 5. The fourth-order valence-corrected chi connectivity index (χ4v) is 0.837. The van der Waals surface area contributed by atoms with E-state index in [9.17, 15) is 13.2 Å². The molecule has 1 rings (SSSR count). The van der Waals surface area contributed by atoms with Gasteiger partial charge >= 0.3 is 5.38 Å². The Bertz CT molecular complexity index is 152. The molecular formula is C5H5Cl2F3O. The molecule has 0 bridgehead atoms. The van der Waals surface area contributed by atoms with Gasteiger partial charge in [0.15, 0.2) is 0 Å². The topological polar surface area (TPSA) is 12.5 Å². The molecule has 1 heterocycles. The summed E-state index contributed by atoms with van der Waals surface area (Å²) >= 11 is 9.22. The molecule has 0 saturated carbocycles. The SMILES string of the molecule is FC(F)(Cl)[C@@](F)(Cl)C[C@H]1CO1. The van der Waals surface area contributed by atoms with Crippen LogP contribution in [0.1, 0.15) is 6.42 Å². The first-order valence-corrected chi connectivity index (χ1v) is 3.65. The normalized spacial score (nSPS) is 29.7. The maximum absolute atomic E-state index is 12.7. The zero-order valence-corrected chi connectivity index (χ0v) is 6.80. The Kier molecular flexibility index (Phi) is 2.29. The Morgan fingerprint density at radius 3 is 2.09 bits per heavy atom. The zero-order valence-electron chi connectivity index (χ0n) is 5.29. The summed E-state index contributed by atoms with van der Waals surface area (Å²) in [4.78, 5) is 0. The number of epoxide rings is 1. The highest BCUT2D eigenvalue weighted by atomic mass is 35.5. The van der Waals surface area contributed by atoms with Crippen LogP contribution in [0, 0.1) is 0 Å². The van der Waals surface area contributed by atoms with Crippen LogP contribution >= 0.6 is 23.2 Å². The third kappa shape index (κ3) is 2.39. The van der Waals surface area contributed by atoms with Crippen LogP contribution in [-0.2, 0) is 4.74 Å². The van der Waals surface area contributed by atoms with E-state index in [0.717, 1.165) is 0 Å². The summed E-state index contributed by atoms with van der Waals surface area (Å²) in [5.74, 6) is 0. The molecule has 66 valence electrons. The van der Waals surface area contributed by atoms with E-state index >= 15 is 0 Å². The van der Waals surface area contributed by atoms with Gasteiger partial charge in [-0.25, -0.2) is 4.39 Å². The van der Waals surface area contributed by atoms with Crippen molar-refractivity contribution in [1.29, 1.82) is 0 Å². The molecule has 0 aromatic carbocycles. The number of hydrogen-bond acceptors (Lipinski definition) is 1. The van der Waals surface area contributed by atoms with Crippen molar-refractivity contribution in [3.63, 3.8) is 0 Å². The Balaban J connectivity index is 2.49. The molecule has 0 radical (unpaired) electrons. The number of alkyl halides is 5. The summed E-state index contributed by atoms with van der Waals surface area (Å²) in [6.45, 7) is 0.269. The molecule has 1 fully saturated rings. The van der Waals surface area contributed by atoms with Gasteiger partial charge in [-0.05, 0) is 11.6 Å². The molecule has 0 aliphatic carbocycles. The van der Waals surface area contributed by atoms with Crippen molar-refractivity contribution in [2.45, 2.75) is 23.0 Å². The Morgan fingerprint density at radius 1 is 1.36 bits per heavy atom. The average Bonchev–Trinajstić information content (AvgIpc) is 2.45. The van der Waals surface area contributed by atoms with E-state index in [1.807, 2.05) is 0 Å². The van der Waals surface area contributed by atoms with E-state index in [2.05, 4.69) is 16.3 Å². The fraction of sp³-hybridized carbons (Fsp3) is 1.00. The lowest BCUT2D eigenvalue weighted by atomic mass is 10.2. The van der Waals surface area contributed by atoms with Gasteiger partial charge in [0, 0.05) is 6.42 Å². The molecule has 0 spiro atoms. The highest BCUT2D eigenvalue weighted by Gasteiger charge is 2.55. The van der Waals surface area contributed by atoms with Crippen LogP contribution in [0.15, 0.2) is 0 Å². The van der Waals surface area contributed by atoms with Crippen molar-refractivity contribution in [2.24, 2.45) is 0 Å². The quantitative estimate of drug-likeness (QED) is 0.513. The lowest BCUT2D eigenvalue weighted by Gasteiger charge is -2.21. The van der Waals surface area contributed by atoms with E-state index in [1.165, 1.54) is 0 Å². The molecule has 2 atom stereocenters. The van der Waals surface area contributed by atoms with Crippen LogP contribution in [-0.4, -0.2) is 23.2 Å². The monoisotopic (exact) mass is 208 g/mol. The van der Waals surface area contributed by atoms with Gasteiger partial charge in [-0.2, -0.15) is 8.78 Å². The van der Waals surface area contributed by atoms with Crippen molar-refractivity contribution >= 4 is 23.2 Å². The molecule has 11 heavy (non-hydrogen) atoms. The van der Waals surface area contributed by atoms with Gasteiger partial charge in [0.1, 0.15) is 0 Å². The molecule has 0 aromatic heterocycles. The van der Waals surface area contributed by atoms with Gasteiger partial charge in [0.25, 0.3) is 5.13 Å². The molecule has 1 aliphatic heterocycles. The first-order valence-electron chi connectivity index (χ1n) is 2.89. The van der Waals surface area contributed by atoms with Crippen LogP contribution in [0.25, 0.3) is 0 Å². The van der Waals surface area contributed by atoms with Gasteiger partial charge in [0.2, 0.25) is 0 Å². The average molecular weight is 209 g/mol. The minimum absolute atomic E-state index is 0.269. The van der Waals surface area contributed by atoms with Crippen molar-refractivity contribution in [3.8, 4) is 0 Å². The minimum atomic E-state index is -4.04. The predicted octanol–water partition coefficient (Wildman–Crippen LogP) is 2.51. The largest absolute Gasteiger partial charge is 0.373 e. The molecule has 1 aliphatic rings. The van der Waals surface area contributed by atoms with Gasteiger partial charge in [0.05, 0.1) is 12.7 Å². The van der Waals surface area contributed by atoms with E-state index in [-0.39, 0.29) is 6.61 Å². The van der Waals surface area contributed by atoms with Gasteiger partial charge < -0.3 is 4.74 Å². The number of rotatable bonds is 3. The number of ether oxygens (including phenoxy) is 1. The maximum Gasteiger partial charge on any atom is 0.369 e. The van der Waals surface area contributed by atoms with Gasteiger partial charge in [-0.15, -0.1) is 0 Å². The second-order valence-corrected chi connectivity index (χ2v) is 3.44. The summed E-state index contributed by atoms with van der Waals surface area (Å²) in [7, 11) is 0. The van der Waals surface area contributed by atoms with Crippen LogP contribution in [0.4, 0.5) is 13.2 Å². The first kappa shape index (κ1) is 9.42. The summed E-state index contributed by atoms with van der Waals surface area (Å²) in [5.41, 5.74) is 0. The molecule has 0 unspecified atom stereocenters. The third-order valence-corrected chi connectivity index (χ3v) is 2.09. The second-order valence-electron chi connectivity index (χ2n) is 2.36. The fourth-order valence-electron chi connectivity index (χ4n) is 0.588. The summed E-state index contributed by atoms with van der Waals surface area (Å²) < 4.78 is 41.4. The zero-order chi connectivity index (χ0) is 8.70. The lowest BCUT2D eigenvalue weighted by Crippen LogP contribution is -2.35. The highest BCUT2D eigenvalue weighted by molar-refractivity contribution is 6.32. The molecule has 6 heteroatoms. The Hall–Kier alpha value is 0.330. The van der Waals surface area contributed by atoms with Crippen LogP contribution in [0.2, 0.25) is 0 Å². The van der Waals surface area contributed by atoms with Crippen molar-refractivity contribution in [1.82, 2.24) is 0 Å². The smallest absolute Gasteiger partial charge is 0.369 e. The van der Waals surface area contributed by atoms with Crippen molar-refractivity contribution < 1.29 is 17.9 Å². The molecule has 0 N–H and O–H groups in total. The van der Waals surface area contributed by atoms with Crippen molar-refractivity contribution in [2.75, 3.05) is 6.61 Å². The Morgan fingerprint density at radius 2 is 1.82 bits per heavy atom. The first-order chi connectivity index (χ1) is 4.83. The van der Waals surface area contributed by atoms with Gasteiger partial charge in [-0.1, -0.05) is 11.6 Å². The van der Waals surface area contributed by atoms with Crippen LogP contribution in [0.5, 0.6) is 0 Å². The van der Waals surface area contributed by atoms with E-state index in [4.69, 9.17) is 11.6 Å². The maximum atomic E-state index is 12.7. The van der Waals surface area contributed by atoms with Crippen LogP contribution < -0.4 is 0 Å². The highest BCUT2D eigenvalue weighted by Crippen LogP contribution is 2.44. The standard InChI is InChI=1S/C5H5Cl2F3O/c6-4(8,5(7,9)10)1-3-2-11-3/h3H,1-2H2/t3-,4+/m0/s1. The molecule has 1 nitrogen and oxygen atoms in total. The molecular weight excluding hydrogens is 204 g/mol. The van der Waals surface area contributed by atoms with E-state index in [1.54, 1.807) is 0 Å². The molecule has 1 saturated heterocycles. The minimum Gasteiger partial charge on any atom is -0.373 e. The Labute approximate surface area is 71.4 Å². The van der Waals surface area contributed by atoms with Crippen LogP contribution in [0.3, 0.4) is 0 Å². The second kappa shape index (κ2) is 2.68. The van der Waals surface area contributed by atoms with E-state index in [0.29, 0.717) is 0 Å². The lowest BCUT2D eigenvalue weighted by molar-refractivity contribution is -0.0271. The summed E-state index contributed by atoms with van der Waals surface area (Å²) in [5, 5.41) is -7.24. The summed E-state index contributed by atoms with van der Waals surface area (Å²) in [6.07, 6.45) is -1.09. The van der Waals surface area contributed by atoms with Gasteiger partial charge in [-0.3, -0.25) is 0 Å². The molecule has 0 aromatic rings. The molecule has 0 amide bonds. The van der Waals surface area contributed by atoms with Crippen molar-refractivity contribution in [3.05, 3.63) is 0 Å².